The van der Waals surface area contributed by atoms with Crippen molar-refractivity contribution in [3.63, 3.8) is 0 Å². The molecule has 1 N–H and O–H groups in total. The molecule has 2 unspecified atom stereocenters. The summed E-state index contributed by atoms with van der Waals surface area (Å²) in [6.07, 6.45) is 2.89. The number of H-pyrrole nitrogens is 1. The maximum absolute atomic E-state index is 13.4. The van der Waals surface area contributed by atoms with Crippen molar-refractivity contribution in [2.45, 2.75) is 81.9 Å². The Kier molecular flexibility index (Phi) is 11.6. The van der Waals surface area contributed by atoms with Gasteiger partial charge in [0, 0.05) is 50.4 Å². The minimum absolute atomic E-state index is 0.0157. The first-order chi connectivity index (χ1) is 25.0. The average molecular weight is 737 g/mol. The summed E-state index contributed by atoms with van der Waals surface area (Å²) in [5.74, 6) is 0. The number of amides is 1. The second-order valence-corrected chi connectivity index (χ2v) is 15.2. The number of aromatic nitrogens is 2. The lowest BCUT2D eigenvalue weighted by Crippen LogP contribution is -2.50. The van der Waals surface area contributed by atoms with Gasteiger partial charge in [-0.15, -0.1) is 0 Å². The number of carbonyl (C=O) groups is 2. The van der Waals surface area contributed by atoms with Gasteiger partial charge in [0.2, 0.25) is 9.84 Å². The summed E-state index contributed by atoms with van der Waals surface area (Å²) in [5, 5.41) is 0. The van der Waals surface area contributed by atoms with Gasteiger partial charge in [-0.25, -0.2) is 22.8 Å². The van der Waals surface area contributed by atoms with Crippen LogP contribution >= 0.6 is 0 Å². The number of fused-ring (bicyclic) bond motifs is 1. The highest BCUT2D eigenvalue weighted by Gasteiger charge is 2.39. The Morgan fingerprint density at radius 2 is 1.81 bits per heavy atom. The molecule has 1 amide bonds. The second kappa shape index (κ2) is 16.3. The van der Waals surface area contributed by atoms with Gasteiger partial charge in [0.05, 0.1) is 15.9 Å². The van der Waals surface area contributed by atoms with Gasteiger partial charge in [0.15, 0.2) is 0 Å². The van der Waals surface area contributed by atoms with Crippen LogP contribution in [-0.4, -0.2) is 91.1 Å². The zero-order chi connectivity index (χ0) is 36.8. The van der Waals surface area contributed by atoms with E-state index in [1.807, 2.05) is 37.3 Å². The SMILES string of the molecule is CC[C@H]1O[C@@H](n2cc(C)c(=O)[nH]c2=O)CC1OC(=O)OCCN(Cc1ccccc1)CC1CCCCN1C(=O)OCC1=Cc2ccccc2S1(=O)=O. The second-order valence-electron chi connectivity index (χ2n) is 13.3. The zero-order valence-corrected chi connectivity index (χ0v) is 30.1. The smallest absolute Gasteiger partial charge is 0.444 e. The molecule has 3 aliphatic heterocycles. The average Bonchev–Trinajstić information content (AvgIpc) is 3.65. The van der Waals surface area contributed by atoms with Gasteiger partial charge >= 0.3 is 17.9 Å². The largest absolute Gasteiger partial charge is 0.508 e. The number of ether oxygens (including phenoxy) is 4. The van der Waals surface area contributed by atoms with Crippen molar-refractivity contribution in [1.82, 2.24) is 19.4 Å². The lowest BCUT2D eigenvalue weighted by Gasteiger charge is -2.38. The van der Waals surface area contributed by atoms with Crippen molar-refractivity contribution in [3.8, 4) is 0 Å². The van der Waals surface area contributed by atoms with Crippen LogP contribution in [0.2, 0.25) is 0 Å². The van der Waals surface area contributed by atoms with Gasteiger partial charge in [0.1, 0.15) is 25.5 Å². The van der Waals surface area contributed by atoms with Gasteiger partial charge in [-0.3, -0.25) is 19.2 Å². The van der Waals surface area contributed by atoms with Gasteiger partial charge in [-0.05, 0) is 55.9 Å². The number of hydrogen-bond acceptors (Lipinski definition) is 11. The monoisotopic (exact) mass is 736 g/mol. The van der Waals surface area contributed by atoms with Crippen LogP contribution in [0.1, 0.15) is 61.9 Å². The zero-order valence-electron chi connectivity index (χ0n) is 29.3. The lowest BCUT2D eigenvalue weighted by atomic mass is 10.0. The van der Waals surface area contributed by atoms with E-state index >= 15 is 0 Å². The van der Waals surface area contributed by atoms with E-state index in [0.717, 1.165) is 24.8 Å². The van der Waals surface area contributed by atoms with E-state index in [-0.39, 0.29) is 35.5 Å². The molecule has 2 fully saturated rings. The number of carbonyl (C=O) groups excluding carboxylic acids is 2. The Balaban J connectivity index is 1.05. The van der Waals surface area contributed by atoms with Crippen LogP contribution in [-0.2, 0) is 35.3 Å². The summed E-state index contributed by atoms with van der Waals surface area (Å²) < 4.78 is 50.1. The molecule has 1 aromatic heterocycles. The number of likely N-dealkylation sites (tertiary alicyclic amines) is 1. The maximum atomic E-state index is 13.4. The normalized spacial score (nSPS) is 22.1. The molecule has 4 atom stereocenters. The summed E-state index contributed by atoms with van der Waals surface area (Å²) in [6, 6.07) is 16.3. The number of nitrogens with zero attached hydrogens (tertiary/aromatic N) is 3. The molecule has 2 aromatic carbocycles. The molecule has 2 saturated heterocycles. The number of sulfone groups is 1. The number of aryl methyl sites for hydroxylation is 1. The van der Waals surface area contributed by atoms with E-state index in [0.29, 0.717) is 43.7 Å². The fourth-order valence-corrected chi connectivity index (χ4v) is 8.42. The third-order valence-electron chi connectivity index (χ3n) is 9.70. The molecule has 278 valence electrons. The summed E-state index contributed by atoms with van der Waals surface area (Å²) in [6.45, 7) is 4.97. The van der Waals surface area contributed by atoms with Crippen LogP contribution in [0.25, 0.3) is 6.08 Å². The van der Waals surface area contributed by atoms with E-state index in [4.69, 9.17) is 18.9 Å². The van der Waals surface area contributed by atoms with E-state index in [1.54, 1.807) is 42.2 Å². The van der Waals surface area contributed by atoms with Gasteiger partial charge < -0.3 is 23.8 Å². The Hall–Kier alpha value is -4.73. The van der Waals surface area contributed by atoms with E-state index < -0.39 is 51.8 Å². The van der Waals surface area contributed by atoms with E-state index in [1.165, 1.54) is 10.8 Å². The Labute approximate surface area is 301 Å². The summed E-state index contributed by atoms with van der Waals surface area (Å²) in [4.78, 5) is 56.9. The fraction of sp³-hybridized carbons (Fsp3) is 0.459. The molecule has 0 saturated carbocycles. The highest BCUT2D eigenvalue weighted by molar-refractivity contribution is 7.95. The minimum atomic E-state index is -3.72. The predicted molar refractivity (Wildman–Crippen MR) is 190 cm³/mol. The maximum Gasteiger partial charge on any atom is 0.508 e. The highest BCUT2D eigenvalue weighted by Crippen LogP contribution is 2.33. The van der Waals surface area contributed by atoms with Gasteiger partial charge in [-0.2, -0.15) is 0 Å². The van der Waals surface area contributed by atoms with Crippen molar-refractivity contribution >= 4 is 28.2 Å². The van der Waals surface area contributed by atoms with E-state index in [2.05, 4.69) is 9.88 Å². The van der Waals surface area contributed by atoms with Crippen LogP contribution in [0.4, 0.5) is 9.59 Å². The van der Waals surface area contributed by atoms with E-state index in [9.17, 15) is 27.6 Å². The summed E-state index contributed by atoms with van der Waals surface area (Å²) in [7, 11) is -3.72. The molecule has 14 nitrogen and oxygen atoms in total. The summed E-state index contributed by atoms with van der Waals surface area (Å²) in [5.41, 5.74) is 0.905. The van der Waals surface area contributed by atoms with Crippen molar-refractivity contribution in [2.75, 3.05) is 32.8 Å². The number of aromatic amines is 1. The minimum Gasteiger partial charge on any atom is -0.444 e. The molecule has 4 heterocycles. The van der Waals surface area contributed by atoms with Crippen LogP contribution in [0.5, 0.6) is 0 Å². The highest BCUT2D eigenvalue weighted by atomic mass is 32.2. The molecular weight excluding hydrogens is 692 g/mol. The molecule has 3 aromatic rings. The molecule has 3 aliphatic rings. The third kappa shape index (κ3) is 8.48. The Bertz CT molecular complexity index is 2010. The molecule has 0 spiro atoms. The van der Waals surface area contributed by atoms with Crippen LogP contribution < -0.4 is 11.2 Å². The Morgan fingerprint density at radius 3 is 2.58 bits per heavy atom. The standard InChI is InChI=1S/C37H44N4O10S/c1-3-30-31(20-33(50-30)41-21-25(2)34(42)38-35(41)43)51-37(45)48-18-17-39(22-26-11-5-4-6-12-26)23-28-14-9-10-16-40(28)36(44)49-24-29-19-27-13-7-8-15-32(27)52(29,46)47/h4-8,11-13,15,19,21,28,30-31,33H,3,9-10,14,16-18,20,22-24H2,1-2H3,(H,38,42,43)/t28?,30-,31?,33-/m1/s1. The van der Waals surface area contributed by atoms with Gasteiger partial charge in [-0.1, -0.05) is 55.5 Å². The first-order valence-electron chi connectivity index (χ1n) is 17.6. The topological polar surface area (TPSA) is 167 Å². The van der Waals surface area contributed by atoms with Crippen LogP contribution in [0, 0.1) is 6.92 Å². The first-order valence-corrected chi connectivity index (χ1v) is 19.1. The molecule has 0 radical (unpaired) electrons. The summed E-state index contributed by atoms with van der Waals surface area (Å²) >= 11 is 0. The first kappa shape index (κ1) is 37.0. The van der Waals surface area contributed by atoms with Crippen LogP contribution in [0.15, 0.2) is 80.2 Å². The fourth-order valence-electron chi connectivity index (χ4n) is 6.95. The number of benzene rings is 2. The van der Waals surface area contributed by atoms with Crippen molar-refractivity contribution < 1.29 is 37.0 Å². The quantitative estimate of drug-likeness (QED) is 0.262. The Morgan fingerprint density at radius 1 is 1.04 bits per heavy atom. The van der Waals surface area contributed by atoms with Crippen molar-refractivity contribution in [1.29, 1.82) is 0 Å². The third-order valence-corrected chi connectivity index (χ3v) is 11.6. The number of piperidine rings is 1. The van der Waals surface area contributed by atoms with Crippen LogP contribution in [0.3, 0.4) is 0 Å². The molecule has 6 rings (SSSR count). The van der Waals surface area contributed by atoms with Crippen molar-refractivity contribution in [2.24, 2.45) is 0 Å². The number of rotatable bonds is 12. The molecule has 15 heteroatoms. The number of nitrogens with one attached hydrogen (secondary N) is 1. The molecule has 0 bridgehead atoms. The van der Waals surface area contributed by atoms with Gasteiger partial charge in [0.25, 0.3) is 5.56 Å². The molecule has 52 heavy (non-hydrogen) atoms. The lowest BCUT2D eigenvalue weighted by molar-refractivity contribution is -0.0385. The number of hydrogen-bond donors (Lipinski definition) is 1. The predicted octanol–water partition coefficient (Wildman–Crippen LogP) is 4.39. The molecule has 0 aliphatic carbocycles. The molecular formula is C37H44N4O10S. The van der Waals surface area contributed by atoms with Crippen molar-refractivity contribution in [3.05, 3.63) is 103 Å².